The van der Waals surface area contributed by atoms with Crippen LogP contribution in [0.25, 0.3) is 10.8 Å². The van der Waals surface area contributed by atoms with E-state index in [1.807, 2.05) is 18.3 Å². The molecule has 0 radical (unpaired) electrons. The van der Waals surface area contributed by atoms with Crippen LogP contribution in [-0.2, 0) is 4.74 Å². The van der Waals surface area contributed by atoms with Crippen molar-refractivity contribution in [2.75, 3.05) is 11.9 Å². The number of pyridine rings is 1. The predicted molar refractivity (Wildman–Crippen MR) is 90.7 cm³/mol. The molecular formula is C17H21BrN2O. The molecule has 0 amide bonds. The van der Waals surface area contributed by atoms with Crippen LogP contribution < -0.4 is 5.32 Å². The summed E-state index contributed by atoms with van der Waals surface area (Å²) in [6.07, 6.45) is 3.23. The van der Waals surface area contributed by atoms with Gasteiger partial charge in [-0.2, -0.15) is 0 Å². The van der Waals surface area contributed by atoms with Crippen molar-refractivity contribution < 1.29 is 4.74 Å². The standard InChI is InChI=1S/C17H21BrN2O/c1-4-21-15-10-14(17(15,2)3)20-16-12-6-5-7-13(18)11(12)8-9-19-16/h5-9,14-15H,4,10H2,1-3H3,(H,19,20). The summed E-state index contributed by atoms with van der Waals surface area (Å²) in [4.78, 5) is 4.53. The van der Waals surface area contributed by atoms with Gasteiger partial charge in [0.05, 0.1) is 6.10 Å². The molecule has 1 aromatic carbocycles. The first-order chi connectivity index (χ1) is 10.0. The number of fused-ring (bicyclic) bond motifs is 1. The molecular weight excluding hydrogens is 328 g/mol. The Labute approximate surface area is 134 Å². The summed E-state index contributed by atoms with van der Waals surface area (Å²) in [6.45, 7) is 7.35. The Hall–Kier alpha value is -1.13. The Morgan fingerprint density at radius 2 is 2.14 bits per heavy atom. The van der Waals surface area contributed by atoms with Gasteiger partial charge < -0.3 is 10.1 Å². The zero-order valence-electron chi connectivity index (χ0n) is 12.7. The van der Waals surface area contributed by atoms with Crippen molar-refractivity contribution in [2.24, 2.45) is 5.41 Å². The fourth-order valence-corrected chi connectivity index (χ4v) is 3.56. The second-order valence-electron chi connectivity index (χ2n) is 6.19. The predicted octanol–water partition coefficient (Wildman–Crippen LogP) is 4.61. The van der Waals surface area contributed by atoms with E-state index in [2.05, 4.69) is 59.1 Å². The van der Waals surface area contributed by atoms with Crippen LogP contribution in [0.5, 0.6) is 0 Å². The Balaban J connectivity index is 1.85. The Kier molecular flexibility index (Phi) is 3.93. The van der Waals surface area contributed by atoms with Crippen molar-refractivity contribution in [1.82, 2.24) is 4.98 Å². The van der Waals surface area contributed by atoms with Crippen LogP contribution in [0.4, 0.5) is 5.82 Å². The summed E-state index contributed by atoms with van der Waals surface area (Å²) in [5.41, 5.74) is 0.131. The molecule has 0 aliphatic heterocycles. The van der Waals surface area contributed by atoms with E-state index >= 15 is 0 Å². The van der Waals surface area contributed by atoms with E-state index in [9.17, 15) is 0 Å². The van der Waals surface area contributed by atoms with Gasteiger partial charge in [0, 0.05) is 39.5 Å². The largest absolute Gasteiger partial charge is 0.378 e. The number of hydrogen-bond acceptors (Lipinski definition) is 3. The summed E-state index contributed by atoms with van der Waals surface area (Å²) >= 11 is 3.61. The molecule has 0 saturated heterocycles. The topological polar surface area (TPSA) is 34.1 Å². The van der Waals surface area contributed by atoms with E-state index in [-0.39, 0.29) is 5.41 Å². The second kappa shape index (κ2) is 5.58. The molecule has 4 heteroatoms. The maximum atomic E-state index is 5.80. The van der Waals surface area contributed by atoms with Crippen LogP contribution in [0.2, 0.25) is 0 Å². The number of ether oxygens (including phenoxy) is 1. The molecule has 2 atom stereocenters. The van der Waals surface area contributed by atoms with Crippen LogP contribution in [0.3, 0.4) is 0 Å². The fourth-order valence-electron chi connectivity index (χ4n) is 3.06. The first kappa shape index (κ1) is 14.8. The third kappa shape index (κ3) is 2.55. The highest BCUT2D eigenvalue weighted by atomic mass is 79.9. The fraction of sp³-hybridized carbons (Fsp3) is 0.471. The third-order valence-electron chi connectivity index (χ3n) is 4.61. The summed E-state index contributed by atoms with van der Waals surface area (Å²) in [6, 6.07) is 8.66. The molecule has 3 rings (SSSR count). The molecule has 21 heavy (non-hydrogen) atoms. The molecule has 1 saturated carbocycles. The quantitative estimate of drug-likeness (QED) is 0.875. The van der Waals surface area contributed by atoms with Crippen molar-refractivity contribution in [3.05, 3.63) is 34.9 Å². The molecule has 112 valence electrons. The zero-order valence-corrected chi connectivity index (χ0v) is 14.3. The van der Waals surface area contributed by atoms with Crippen LogP contribution >= 0.6 is 15.9 Å². The van der Waals surface area contributed by atoms with Gasteiger partial charge in [0.25, 0.3) is 0 Å². The van der Waals surface area contributed by atoms with Crippen LogP contribution in [0.1, 0.15) is 27.2 Å². The maximum Gasteiger partial charge on any atom is 0.134 e. The number of rotatable bonds is 4. The highest BCUT2D eigenvalue weighted by molar-refractivity contribution is 9.10. The van der Waals surface area contributed by atoms with Crippen LogP contribution in [-0.4, -0.2) is 23.7 Å². The zero-order chi connectivity index (χ0) is 15.0. The van der Waals surface area contributed by atoms with Crippen molar-refractivity contribution in [3.63, 3.8) is 0 Å². The summed E-state index contributed by atoms with van der Waals surface area (Å²) < 4.78 is 6.90. The van der Waals surface area contributed by atoms with Crippen molar-refractivity contribution in [1.29, 1.82) is 0 Å². The van der Waals surface area contributed by atoms with Crippen molar-refractivity contribution >= 4 is 32.5 Å². The average Bonchev–Trinajstić information content (AvgIpc) is 2.47. The lowest BCUT2D eigenvalue weighted by molar-refractivity contribution is -0.0976. The second-order valence-corrected chi connectivity index (χ2v) is 7.05. The third-order valence-corrected chi connectivity index (χ3v) is 5.30. The van der Waals surface area contributed by atoms with Gasteiger partial charge in [0.1, 0.15) is 5.82 Å². The molecule has 0 spiro atoms. The molecule has 3 nitrogen and oxygen atoms in total. The summed E-state index contributed by atoms with van der Waals surface area (Å²) in [5, 5.41) is 5.96. The number of anilines is 1. The molecule has 0 bridgehead atoms. The smallest absolute Gasteiger partial charge is 0.134 e. The Morgan fingerprint density at radius 3 is 2.86 bits per heavy atom. The maximum absolute atomic E-state index is 5.80. The monoisotopic (exact) mass is 348 g/mol. The highest BCUT2D eigenvalue weighted by Gasteiger charge is 2.49. The van der Waals surface area contributed by atoms with Gasteiger partial charge in [-0.15, -0.1) is 0 Å². The minimum atomic E-state index is 0.131. The highest BCUT2D eigenvalue weighted by Crippen LogP contribution is 2.44. The van der Waals surface area contributed by atoms with Gasteiger partial charge in [0.2, 0.25) is 0 Å². The van der Waals surface area contributed by atoms with Gasteiger partial charge in [-0.3, -0.25) is 0 Å². The van der Waals surface area contributed by atoms with Gasteiger partial charge in [-0.1, -0.05) is 41.9 Å². The lowest BCUT2D eigenvalue weighted by Crippen LogP contribution is -2.58. The van der Waals surface area contributed by atoms with Crippen molar-refractivity contribution in [2.45, 2.75) is 39.3 Å². The number of halogens is 1. The van der Waals surface area contributed by atoms with E-state index in [4.69, 9.17) is 4.74 Å². The summed E-state index contributed by atoms with van der Waals surface area (Å²) in [7, 11) is 0. The number of benzene rings is 1. The molecule has 1 N–H and O–H groups in total. The van der Waals surface area contributed by atoms with E-state index in [0.29, 0.717) is 12.1 Å². The molecule has 1 fully saturated rings. The van der Waals surface area contributed by atoms with Gasteiger partial charge in [0.15, 0.2) is 0 Å². The lowest BCUT2D eigenvalue weighted by atomic mass is 9.64. The van der Waals surface area contributed by atoms with Gasteiger partial charge in [-0.25, -0.2) is 4.98 Å². The molecule has 2 aromatic rings. The SMILES string of the molecule is CCOC1CC(Nc2nccc3c(Br)cccc23)C1(C)C. The first-order valence-corrected chi connectivity index (χ1v) is 8.24. The van der Waals surface area contributed by atoms with Gasteiger partial charge in [-0.05, 0) is 25.5 Å². The van der Waals surface area contributed by atoms with E-state index in [0.717, 1.165) is 28.7 Å². The van der Waals surface area contributed by atoms with E-state index in [1.54, 1.807) is 0 Å². The molecule has 1 aliphatic rings. The number of aromatic nitrogens is 1. The van der Waals surface area contributed by atoms with Crippen LogP contribution in [0, 0.1) is 5.41 Å². The van der Waals surface area contributed by atoms with Gasteiger partial charge >= 0.3 is 0 Å². The normalized spacial score (nSPS) is 23.8. The van der Waals surface area contributed by atoms with Crippen molar-refractivity contribution in [3.8, 4) is 0 Å². The number of nitrogens with one attached hydrogen (secondary N) is 1. The summed E-state index contributed by atoms with van der Waals surface area (Å²) in [5.74, 6) is 0.960. The Morgan fingerprint density at radius 1 is 1.33 bits per heavy atom. The number of hydrogen-bond donors (Lipinski definition) is 1. The molecule has 1 aromatic heterocycles. The molecule has 1 heterocycles. The number of nitrogens with zero attached hydrogens (tertiary/aromatic N) is 1. The Bertz CT molecular complexity index is 656. The van der Waals surface area contributed by atoms with E-state index in [1.165, 1.54) is 5.39 Å². The van der Waals surface area contributed by atoms with Crippen LogP contribution in [0.15, 0.2) is 34.9 Å². The lowest BCUT2D eigenvalue weighted by Gasteiger charge is -2.51. The minimum absolute atomic E-state index is 0.131. The molecule has 2 unspecified atom stereocenters. The van der Waals surface area contributed by atoms with E-state index < -0.39 is 0 Å². The average molecular weight is 349 g/mol. The minimum Gasteiger partial charge on any atom is -0.378 e. The molecule has 1 aliphatic carbocycles. The first-order valence-electron chi connectivity index (χ1n) is 7.45.